The van der Waals surface area contributed by atoms with E-state index in [9.17, 15) is 0 Å². The number of fused-ring (bicyclic) bond motifs is 1. The molecule has 1 N–H and O–H groups in total. The molecule has 1 aliphatic rings. The van der Waals surface area contributed by atoms with Gasteiger partial charge in [-0.15, -0.1) is 0 Å². The van der Waals surface area contributed by atoms with Crippen molar-refractivity contribution in [1.29, 1.82) is 0 Å². The smallest absolute Gasteiger partial charge is 0.151 e. The van der Waals surface area contributed by atoms with Crippen LogP contribution < -0.4 is 4.90 Å². The number of anilines is 1. The molecule has 0 spiro atoms. The molecule has 0 saturated carbocycles. The van der Waals surface area contributed by atoms with Crippen LogP contribution in [0.2, 0.25) is 0 Å². The summed E-state index contributed by atoms with van der Waals surface area (Å²) in [7, 11) is 2.10. The van der Waals surface area contributed by atoms with Gasteiger partial charge in [-0.25, -0.2) is 0 Å². The number of H-pyrrole nitrogens is 1. The van der Waals surface area contributed by atoms with Gasteiger partial charge in [-0.1, -0.05) is 0 Å². The maximum atomic E-state index is 4.10. The van der Waals surface area contributed by atoms with Gasteiger partial charge in [-0.3, -0.25) is 5.10 Å². The summed E-state index contributed by atoms with van der Waals surface area (Å²) in [5.41, 5.74) is 2.49. The maximum absolute atomic E-state index is 4.10. The van der Waals surface area contributed by atoms with Crippen molar-refractivity contribution in [2.75, 3.05) is 18.5 Å². The first-order valence-electron chi connectivity index (χ1n) is 3.73. The third-order valence-corrected chi connectivity index (χ3v) is 2.63. The second kappa shape index (κ2) is 2.52. The van der Waals surface area contributed by atoms with Crippen molar-refractivity contribution in [2.24, 2.45) is 0 Å². The number of hydrogen-bond acceptors (Lipinski definition) is 2. The summed E-state index contributed by atoms with van der Waals surface area (Å²) in [6, 6.07) is 0. The zero-order chi connectivity index (χ0) is 7.84. The van der Waals surface area contributed by atoms with Crippen LogP contribution >= 0.6 is 15.9 Å². The molecular weight excluding hydrogens is 206 g/mol. The number of rotatable bonds is 0. The summed E-state index contributed by atoms with van der Waals surface area (Å²) in [6.45, 7) is 1.13. The molecule has 1 aromatic rings. The molecule has 0 unspecified atom stereocenters. The van der Waals surface area contributed by atoms with E-state index in [1.54, 1.807) is 0 Å². The van der Waals surface area contributed by atoms with E-state index in [4.69, 9.17) is 0 Å². The van der Waals surface area contributed by atoms with Crippen LogP contribution in [0.3, 0.4) is 0 Å². The molecule has 0 aliphatic carbocycles. The Balaban J connectivity index is 2.48. The monoisotopic (exact) mass is 215 g/mol. The van der Waals surface area contributed by atoms with Crippen LogP contribution in [0.5, 0.6) is 0 Å². The number of aromatic amines is 1. The van der Waals surface area contributed by atoms with Gasteiger partial charge in [0.1, 0.15) is 0 Å². The second-order valence-corrected chi connectivity index (χ2v) is 3.62. The lowest BCUT2D eigenvalue weighted by Gasteiger charge is -2.23. The predicted molar refractivity (Wildman–Crippen MR) is 47.9 cm³/mol. The molecule has 0 atom stereocenters. The third kappa shape index (κ3) is 1.05. The minimum atomic E-state index is 0.940. The van der Waals surface area contributed by atoms with Crippen molar-refractivity contribution in [2.45, 2.75) is 12.8 Å². The molecule has 2 heterocycles. The lowest BCUT2D eigenvalue weighted by Crippen LogP contribution is -2.24. The summed E-state index contributed by atoms with van der Waals surface area (Å²) in [4.78, 5) is 2.23. The second-order valence-electron chi connectivity index (χ2n) is 2.87. The topological polar surface area (TPSA) is 31.9 Å². The summed E-state index contributed by atoms with van der Waals surface area (Å²) >= 11 is 3.41. The molecule has 4 heteroatoms. The Morgan fingerprint density at radius 2 is 2.45 bits per heavy atom. The first kappa shape index (κ1) is 7.16. The van der Waals surface area contributed by atoms with Crippen LogP contribution in [0.15, 0.2) is 4.60 Å². The Bertz CT molecular complexity index is 269. The lowest BCUT2D eigenvalue weighted by atomic mass is 10.1. The van der Waals surface area contributed by atoms with Crippen molar-refractivity contribution in [3.05, 3.63) is 10.3 Å². The Kier molecular flexibility index (Phi) is 1.64. The van der Waals surface area contributed by atoms with Gasteiger partial charge in [-0.2, -0.15) is 5.10 Å². The molecule has 11 heavy (non-hydrogen) atoms. The Morgan fingerprint density at radius 1 is 1.64 bits per heavy atom. The van der Waals surface area contributed by atoms with Crippen LogP contribution in [0, 0.1) is 0 Å². The maximum Gasteiger partial charge on any atom is 0.151 e. The largest absolute Gasteiger partial charge is 0.371 e. The molecule has 1 aromatic heterocycles. The SMILES string of the molecule is CN1CCCc2[nH]nc(Br)c21. The zero-order valence-corrected chi connectivity index (χ0v) is 7.98. The third-order valence-electron chi connectivity index (χ3n) is 2.07. The Labute approximate surface area is 73.9 Å². The molecule has 1 aliphatic heterocycles. The lowest BCUT2D eigenvalue weighted by molar-refractivity contribution is 0.729. The summed E-state index contributed by atoms with van der Waals surface area (Å²) < 4.78 is 0.940. The van der Waals surface area contributed by atoms with E-state index in [2.05, 4.69) is 38.1 Å². The van der Waals surface area contributed by atoms with Crippen molar-refractivity contribution in [3.8, 4) is 0 Å². The van der Waals surface area contributed by atoms with Gasteiger partial charge >= 0.3 is 0 Å². The number of aryl methyl sites for hydroxylation is 1. The molecule has 0 bridgehead atoms. The van der Waals surface area contributed by atoms with Crippen LogP contribution in [0.1, 0.15) is 12.1 Å². The van der Waals surface area contributed by atoms with Crippen LogP contribution in [0.25, 0.3) is 0 Å². The van der Waals surface area contributed by atoms with Gasteiger partial charge in [0, 0.05) is 13.6 Å². The van der Waals surface area contributed by atoms with E-state index in [0.717, 1.165) is 17.6 Å². The zero-order valence-electron chi connectivity index (χ0n) is 6.39. The number of nitrogens with zero attached hydrogens (tertiary/aromatic N) is 2. The fourth-order valence-corrected chi connectivity index (χ4v) is 2.14. The van der Waals surface area contributed by atoms with Crippen molar-refractivity contribution in [1.82, 2.24) is 10.2 Å². The number of hydrogen-bond donors (Lipinski definition) is 1. The van der Waals surface area contributed by atoms with E-state index in [0.29, 0.717) is 0 Å². The summed E-state index contributed by atoms with van der Waals surface area (Å²) in [5, 5.41) is 7.12. The van der Waals surface area contributed by atoms with E-state index in [-0.39, 0.29) is 0 Å². The number of nitrogens with one attached hydrogen (secondary N) is 1. The van der Waals surface area contributed by atoms with E-state index >= 15 is 0 Å². The van der Waals surface area contributed by atoms with Crippen LogP contribution in [-0.2, 0) is 6.42 Å². The van der Waals surface area contributed by atoms with Gasteiger partial charge in [-0.05, 0) is 28.8 Å². The minimum Gasteiger partial charge on any atom is -0.371 e. The normalized spacial score (nSPS) is 16.7. The molecule has 60 valence electrons. The molecule has 2 rings (SSSR count). The molecule has 0 saturated heterocycles. The Hall–Kier alpha value is -0.510. The molecule has 0 fully saturated rings. The van der Waals surface area contributed by atoms with Crippen LogP contribution in [-0.4, -0.2) is 23.8 Å². The highest BCUT2D eigenvalue weighted by molar-refractivity contribution is 9.10. The molecule has 0 amide bonds. The molecular formula is C7H10BrN3. The molecule has 0 radical (unpaired) electrons. The van der Waals surface area contributed by atoms with Crippen molar-refractivity contribution >= 4 is 21.6 Å². The quantitative estimate of drug-likeness (QED) is 0.713. The average molecular weight is 216 g/mol. The van der Waals surface area contributed by atoms with Gasteiger partial charge in [0.25, 0.3) is 0 Å². The van der Waals surface area contributed by atoms with Gasteiger partial charge in [0.2, 0.25) is 0 Å². The minimum absolute atomic E-state index is 0.940. The highest BCUT2D eigenvalue weighted by Crippen LogP contribution is 2.30. The molecule has 3 nitrogen and oxygen atoms in total. The average Bonchev–Trinajstić information content (AvgIpc) is 2.34. The van der Waals surface area contributed by atoms with E-state index < -0.39 is 0 Å². The van der Waals surface area contributed by atoms with Crippen LogP contribution in [0.4, 0.5) is 5.69 Å². The van der Waals surface area contributed by atoms with Crippen molar-refractivity contribution in [3.63, 3.8) is 0 Å². The fourth-order valence-electron chi connectivity index (χ4n) is 1.51. The number of aromatic nitrogens is 2. The van der Waals surface area contributed by atoms with Gasteiger partial charge in [0.15, 0.2) is 4.60 Å². The first-order chi connectivity index (χ1) is 5.29. The predicted octanol–water partition coefficient (Wildman–Crippen LogP) is 1.55. The fraction of sp³-hybridized carbons (Fsp3) is 0.571. The standard InChI is InChI=1S/C7H10BrN3/c1-11-4-2-3-5-6(11)7(8)10-9-5/h2-4H2,1H3,(H,9,10). The van der Waals surface area contributed by atoms with E-state index in [1.165, 1.54) is 17.8 Å². The van der Waals surface area contributed by atoms with Gasteiger partial charge in [0.05, 0.1) is 11.4 Å². The summed E-state index contributed by atoms with van der Waals surface area (Å²) in [6.07, 6.45) is 2.34. The summed E-state index contributed by atoms with van der Waals surface area (Å²) in [5.74, 6) is 0. The molecule has 0 aromatic carbocycles. The number of halogens is 1. The van der Waals surface area contributed by atoms with Gasteiger partial charge < -0.3 is 4.90 Å². The van der Waals surface area contributed by atoms with E-state index in [1.807, 2.05) is 0 Å². The Morgan fingerprint density at radius 3 is 3.18 bits per heavy atom. The van der Waals surface area contributed by atoms with Crippen molar-refractivity contribution < 1.29 is 0 Å². The highest BCUT2D eigenvalue weighted by Gasteiger charge is 2.18. The highest BCUT2D eigenvalue weighted by atomic mass is 79.9. The first-order valence-corrected chi connectivity index (χ1v) is 4.52.